The molecule has 0 unspecified atom stereocenters. The van der Waals surface area contributed by atoms with Crippen LogP contribution >= 0.6 is 11.6 Å². The van der Waals surface area contributed by atoms with E-state index in [1.54, 1.807) is 66.3 Å². The molecule has 0 atom stereocenters. The number of benzene rings is 2. The van der Waals surface area contributed by atoms with Crippen LogP contribution in [0.3, 0.4) is 0 Å². The molecule has 0 N–H and O–H groups in total. The van der Waals surface area contributed by atoms with E-state index >= 15 is 0 Å². The van der Waals surface area contributed by atoms with Crippen LogP contribution < -0.4 is 17.0 Å². The van der Waals surface area contributed by atoms with Gasteiger partial charge in [0.25, 0.3) is 22.7 Å². The summed E-state index contributed by atoms with van der Waals surface area (Å²) in [7, 11) is 0. The standard InChI is InChI=1S/C16H11N4O4.C10H8N2.C6H3ClN2O4.ClH/c21-19(22)14-1-2-15(16(11-14)20(23)24)18-9-5-13(6-10-18)12-3-7-17-8-4-12;1-5-11-6-2-9(1)10-3-7-12-8-4-10;7-5-2-1-4(8(10)11)3-6(5)9(12)13;/h1-11H;1-8H;1-3H;1H/q+1;;;/p-1. The molecule has 18 heteroatoms. The van der Waals surface area contributed by atoms with Crippen molar-refractivity contribution in [2.75, 3.05) is 0 Å². The Balaban J connectivity index is 0.000000220. The number of hydrogen-bond donors (Lipinski definition) is 0. The van der Waals surface area contributed by atoms with Gasteiger partial charge >= 0.3 is 5.69 Å². The van der Waals surface area contributed by atoms with Crippen molar-refractivity contribution in [2.45, 2.75) is 0 Å². The monoisotopic (exact) mass is 716 g/mol. The van der Waals surface area contributed by atoms with Crippen LogP contribution in [0.5, 0.6) is 0 Å². The van der Waals surface area contributed by atoms with Gasteiger partial charge in [-0.15, -0.1) is 0 Å². The molecule has 0 bridgehead atoms. The number of nitro benzene ring substituents is 4. The number of halogens is 2. The first-order chi connectivity index (χ1) is 23.5. The van der Waals surface area contributed by atoms with Gasteiger partial charge in [0.1, 0.15) is 11.1 Å². The molecule has 0 aliphatic carbocycles. The van der Waals surface area contributed by atoms with Gasteiger partial charge in [-0.2, -0.15) is 4.57 Å². The van der Waals surface area contributed by atoms with Crippen molar-refractivity contribution in [3.05, 3.63) is 180 Å². The highest BCUT2D eigenvalue weighted by molar-refractivity contribution is 6.32. The average molecular weight is 717 g/mol. The fraction of sp³-hybridized carbons (Fsp3) is 0. The molecule has 6 aromatic rings. The summed E-state index contributed by atoms with van der Waals surface area (Å²) in [4.78, 5) is 51.6. The van der Waals surface area contributed by atoms with Crippen molar-refractivity contribution in [1.82, 2.24) is 15.0 Å². The second-order valence-electron chi connectivity index (χ2n) is 9.54. The molecule has 50 heavy (non-hydrogen) atoms. The number of hydrogen-bond acceptors (Lipinski definition) is 11. The molecule has 16 nitrogen and oxygen atoms in total. The Morgan fingerprint density at radius 2 is 0.840 bits per heavy atom. The molecule has 0 spiro atoms. The molecule has 0 saturated heterocycles. The van der Waals surface area contributed by atoms with Crippen molar-refractivity contribution in [3.8, 4) is 27.9 Å². The Morgan fingerprint density at radius 3 is 1.22 bits per heavy atom. The maximum atomic E-state index is 11.2. The molecular formula is C32H22Cl2N8O8. The number of aromatic nitrogens is 4. The van der Waals surface area contributed by atoms with E-state index in [2.05, 4.69) is 15.0 Å². The molecule has 4 aromatic heterocycles. The van der Waals surface area contributed by atoms with Crippen molar-refractivity contribution in [1.29, 1.82) is 0 Å². The third-order valence-corrected chi connectivity index (χ3v) is 6.84. The smallest absolute Gasteiger partial charge is 0.347 e. The topological polar surface area (TPSA) is 215 Å². The van der Waals surface area contributed by atoms with Gasteiger partial charge < -0.3 is 12.4 Å². The first-order valence-corrected chi connectivity index (χ1v) is 14.2. The van der Waals surface area contributed by atoms with E-state index < -0.39 is 25.4 Å². The highest BCUT2D eigenvalue weighted by Crippen LogP contribution is 2.28. The Bertz CT molecular complexity index is 2060. The molecule has 0 amide bonds. The van der Waals surface area contributed by atoms with Crippen LogP contribution in [0, 0.1) is 40.5 Å². The number of non-ortho nitro benzene ring substituents is 2. The summed E-state index contributed by atoms with van der Waals surface area (Å²) in [6.07, 6.45) is 13.8. The van der Waals surface area contributed by atoms with Crippen LogP contribution in [0.25, 0.3) is 27.9 Å². The predicted molar refractivity (Wildman–Crippen MR) is 177 cm³/mol. The van der Waals surface area contributed by atoms with Crippen molar-refractivity contribution < 1.29 is 36.7 Å². The summed E-state index contributed by atoms with van der Waals surface area (Å²) >= 11 is 5.43. The Hall–Kier alpha value is -6.78. The SMILES string of the molecule is O=[N+]([O-])c1ccc(-[n+]2ccc(-c3ccncc3)cc2)c([N+](=O)[O-])c1.O=[N+]([O-])c1ccc(Cl)c([N+](=O)[O-])c1.[Cl-].c1cc(-c2ccncc2)ccn1. The minimum Gasteiger partial charge on any atom is -1.00 e. The lowest BCUT2D eigenvalue weighted by Crippen LogP contribution is -3.00. The van der Waals surface area contributed by atoms with E-state index in [-0.39, 0.29) is 40.2 Å². The number of rotatable bonds is 7. The number of nitro groups is 4. The van der Waals surface area contributed by atoms with Crippen LogP contribution in [0.4, 0.5) is 22.7 Å². The molecule has 0 saturated carbocycles. The van der Waals surface area contributed by atoms with E-state index in [1.165, 1.54) is 23.3 Å². The van der Waals surface area contributed by atoms with E-state index in [0.29, 0.717) is 0 Å². The summed E-state index contributed by atoms with van der Waals surface area (Å²) in [5.41, 5.74) is 3.04. The van der Waals surface area contributed by atoms with Crippen LogP contribution in [-0.2, 0) is 0 Å². The molecule has 0 radical (unpaired) electrons. The molecule has 0 aliphatic rings. The van der Waals surface area contributed by atoms with E-state index in [4.69, 9.17) is 11.6 Å². The van der Waals surface area contributed by atoms with E-state index in [9.17, 15) is 40.5 Å². The van der Waals surface area contributed by atoms with Crippen LogP contribution in [-0.4, -0.2) is 34.6 Å². The molecular weight excluding hydrogens is 695 g/mol. The van der Waals surface area contributed by atoms with Gasteiger partial charge in [-0.05, 0) is 64.7 Å². The Labute approximate surface area is 293 Å². The quantitative estimate of drug-likeness (QED) is 0.130. The van der Waals surface area contributed by atoms with Gasteiger partial charge in [0.2, 0.25) is 0 Å². The number of pyridine rings is 4. The zero-order valence-electron chi connectivity index (χ0n) is 25.3. The van der Waals surface area contributed by atoms with Crippen molar-refractivity contribution in [2.24, 2.45) is 0 Å². The largest absolute Gasteiger partial charge is 1.00 e. The lowest BCUT2D eigenvalue weighted by Gasteiger charge is -2.01. The fourth-order valence-corrected chi connectivity index (χ4v) is 4.34. The summed E-state index contributed by atoms with van der Waals surface area (Å²) < 4.78 is 1.55. The average Bonchev–Trinajstić information content (AvgIpc) is 3.13. The normalized spacial score (nSPS) is 9.78. The van der Waals surface area contributed by atoms with Crippen molar-refractivity contribution >= 4 is 34.4 Å². The summed E-state index contributed by atoms with van der Waals surface area (Å²) in [6, 6.07) is 21.9. The maximum Gasteiger partial charge on any atom is 0.347 e. The number of nitrogens with zero attached hydrogens (tertiary/aromatic N) is 8. The first kappa shape index (κ1) is 37.7. The minimum absolute atomic E-state index is 0. The molecule has 0 aliphatic heterocycles. The lowest BCUT2D eigenvalue weighted by molar-refractivity contribution is -0.600. The van der Waals surface area contributed by atoms with Gasteiger partial charge in [-0.3, -0.25) is 55.4 Å². The fourth-order valence-electron chi connectivity index (χ4n) is 4.16. The predicted octanol–water partition coefficient (Wildman–Crippen LogP) is 4.15. The van der Waals surface area contributed by atoms with Gasteiger partial charge in [-0.25, -0.2) is 0 Å². The van der Waals surface area contributed by atoms with Crippen LogP contribution in [0.15, 0.2) is 135 Å². The highest BCUT2D eigenvalue weighted by atomic mass is 35.5. The van der Waals surface area contributed by atoms with Gasteiger partial charge in [-0.1, -0.05) is 11.6 Å². The second kappa shape index (κ2) is 17.9. The van der Waals surface area contributed by atoms with Crippen molar-refractivity contribution in [3.63, 3.8) is 0 Å². The van der Waals surface area contributed by atoms with Gasteiger partial charge in [0.15, 0.2) is 12.4 Å². The third kappa shape index (κ3) is 10.1. The Kier molecular flexibility index (Phi) is 13.5. The first-order valence-electron chi connectivity index (χ1n) is 13.8. The molecule has 4 heterocycles. The molecule has 2 aromatic carbocycles. The zero-order valence-corrected chi connectivity index (χ0v) is 26.8. The van der Waals surface area contributed by atoms with Crippen LogP contribution in [0.2, 0.25) is 5.02 Å². The van der Waals surface area contributed by atoms with E-state index in [1.807, 2.05) is 36.4 Å². The highest BCUT2D eigenvalue weighted by Gasteiger charge is 2.26. The van der Waals surface area contributed by atoms with Gasteiger partial charge in [0, 0.05) is 67.5 Å². The molecule has 0 fully saturated rings. The third-order valence-electron chi connectivity index (χ3n) is 6.52. The lowest BCUT2D eigenvalue weighted by atomic mass is 10.1. The second-order valence-corrected chi connectivity index (χ2v) is 9.95. The Morgan fingerprint density at radius 1 is 0.480 bits per heavy atom. The van der Waals surface area contributed by atoms with Gasteiger partial charge in [0.05, 0.1) is 25.8 Å². The minimum atomic E-state index is -0.769. The van der Waals surface area contributed by atoms with Crippen LogP contribution in [0.1, 0.15) is 0 Å². The summed E-state index contributed by atoms with van der Waals surface area (Å²) in [5, 5.41) is 42.4. The molecule has 6 rings (SSSR count). The van der Waals surface area contributed by atoms with E-state index in [0.717, 1.165) is 35.4 Å². The summed E-state index contributed by atoms with van der Waals surface area (Å²) in [6.45, 7) is 0. The maximum absolute atomic E-state index is 11.2. The zero-order chi connectivity index (χ0) is 35.3. The summed E-state index contributed by atoms with van der Waals surface area (Å²) in [5.74, 6) is 0. The molecule has 252 valence electrons.